The van der Waals surface area contributed by atoms with Crippen LogP contribution in [-0.4, -0.2) is 34.0 Å². The molecule has 1 saturated heterocycles. The third-order valence-corrected chi connectivity index (χ3v) is 2.56. The van der Waals surface area contributed by atoms with Gasteiger partial charge in [-0.3, -0.25) is 9.69 Å². The summed E-state index contributed by atoms with van der Waals surface area (Å²) >= 11 is 0. The molecule has 0 spiro atoms. The fraction of sp³-hybridized carbons (Fsp3) is 0.667. The highest BCUT2D eigenvalue weighted by molar-refractivity contribution is 5.76. The minimum absolute atomic E-state index is 0.0787. The average molecular weight is 210 g/mol. The Morgan fingerprint density at radius 3 is 3.13 bits per heavy atom. The summed E-state index contributed by atoms with van der Waals surface area (Å²) in [5, 5.41) is 3.88. The highest BCUT2D eigenvalue weighted by atomic mass is 16.5. The van der Waals surface area contributed by atoms with Crippen molar-refractivity contribution in [3.63, 3.8) is 0 Å². The Morgan fingerprint density at radius 1 is 1.73 bits per heavy atom. The second-order valence-electron chi connectivity index (χ2n) is 3.77. The Labute approximate surface area is 87.4 Å². The van der Waals surface area contributed by atoms with Crippen LogP contribution in [0.4, 0.5) is 0 Å². The van der Waals surface area contributed by atoms with Gasteiger partial charge in [0.1, 0.15) is 0 Å². The normalized spacial score (nSPS) is 22.1. The van der Waals surface area contributed by atoms with Crippen molar-refractivity contribution in [2.75, 3.05) is 13.1 Å². The Kier molecular flexibility index (Phi) is 2.68. The number of nitrogens with zero attached hydrogens (tertiary/aromatic N) is 3. The molecule has 0 unspecified atom stereocenters. The molecule has 6 heteroatoms. The van der Waals surface area contributed by atoms with Crippen LogP contribution in [-0.2, 0) is 4.79 Å². The maximum Gasteiger partial charge on any atom is 0.231 e. The highest BCUT2D eigenvalue weighted by Crippen LogP contribution is 2.29. The summed E-state index contributed by atoms with van der Waals surface area (Å²) in [4.78, 5) is 17.0. The van der Waals surface area contributed by atoms with Gasteiger partial charge in [0, 0.05) is 6.92 Å². The van der Waals surface area contributed by atoms with Crippen molar-refractivity contribution in [1.29, 1.82) is 0 Å². The standard InChI is InChI=1S/C9H14N4O2/c1-6-11-9(12-15-6)7-3-2-4-13(7)5-8(10)14/h7H,2-5H2,1H3,(H2,10,14)/t7-/m1/s1. The van der Waals surface area contributed by atoms with Gasteiger partial charge in [0.25, 0.3) is 0 Å². The molecular weight excluding hydrogens is 196 g/mol. The van der Waals surface area contributed by atoms with Crippen LogP contribution >= 0.6 is 0 Å². The fourth-order valence-electron chi connectivity index (χ4n) is 1.96. The lowest BCUT2D eigenvalue weighted by Crippen LogP contribution is -2.33. The van der Waals surface area contributed by atoms with Crippen molar-refractivity contribution in [2.24, 2.45) is 5.73 Å². The van der Waals surface area contributed by atoms with E-state index in [2.05, 4.69) is 10.1 Å². The average Bonchev–Trinajstić information content (AvgIpc) is 2.72. The molecule has 1 aromatic rings. The predicted octanol–water partition coefficient (Wildman–Crippen LogP) is 0.000220. The van der Waals surface area contributed by atoms with Crippen molar-refractivity contribution in [1.82, 2.24) is 15.0 Å². The van der Waals surface area contributed by atoms with Gasteiger partial charge in [-0.15, -0.1) is 0 Å². The SMILES string of the molecule is Cc1nc([C@H]2CCCN2CC(N)=O)no1. The van der Waals surface area contributed by atoms with Gasteiger partial charge >= 0.3 is 0 Å². The quantitative estimate of drug-likeness (QED) is 0.759. The fourth-order valence-corrected chi connectivity index (χ4v) is 1.96. The van der Waals surface area contributed by atoms with E-state index in [4.69, 9.17) is 10.3 Å². The zero-order chi connectivity index (χ0) is 10.8. The lowest BCUT2D eigenvalue weighted by atomic mass is 10.2. The monoisotopic (exact) mass is 210 g/mol. The predicted molar refractivity (Wildman–Crippen MR) is 51.8 cm³/mol. The molecule has 2 heterocycles. The molecule has 0 aliphatic carbocycles. The number of likely N-dealkylation sites (tertiary alicyclic amines) is 1. The minimum atomic E-state index is -0.317. The van der Waals surface area contributed by atoms with E-state index in [0.717, 1.165) is 19.4 Å². The van der Waals surface area contributed by atoms with Crippen molar-refractivity contribution >= 4 is 5.91 Å². The number of nitrogens with two attached hydrogens (primary N) is 1. The van der Waals surface area contributed by atoms with E-state index in [-0.39, 0.29) is 18.5 Å². The second-order valence-corrected chi connectivity index (χ2v) is 3.77. The number of primary amides is 1. The van der Waals surface area contributed by atoms with Crippen LogP contribution in [0.15, 0.2) is 4.52 Å². The van der Waals surface area contributed by atoms with E-state index in [1.165, 1.54) is 0 Å². The molecule has 2 rings (SSSR count). The van der Waals surface area contributed by atoms with Gasteiger partial charge in [-0.25, -0.2) is 0 Å². The van der Waals surface area contributed by atoms with Crippen LogP contribution in [0.1, 0.15) is 30.6 Å². The summed E-state index contributed by atoms with van der Waals surface area (Å²) < 4.78 is 4.93. The zero-order valence-electron chi connectivity index (χ0n) is 8.64. The molecule has 1 aliphatic rings. The molecule has 1 atom stereocenters. The lowest BCUT2D eigenvalue weighted by molar-refractivity contribution is -0.119. The molecule has 0 saturated carbocycles. The highest BCUT2D eigenvalue weighted by Gasteiger charge is 2.30. The summed E-state index contributed by atoms with van der Waals surface area (Å²) in [7, 11) is 0. The summed E-state index contributed by atoms with van der Waals surface area (Å²) in [5.41, 5.74) is 5.17. The maximum absolute atomic E-state index is 10.9. The number of aryl methyl sites for hydroxylation is 1. The van der Waals surface area contributed by atoms with Crippen molar-refractivity contribution < 1.29 is 9.32 Å². The van der Waals surface area contributed by atoms with Crippen LogP contribution in [0.5, 0.6) is 0 Å². The van der Waals surface area contributed by atoms with Crippen LogP contribution in [0, 0.1) is 6.92 Å². The third-order valence-electron chi connectivity index (χ3n) is 2.56. The van der Waals surface area contributed by atoms with Gasteiger partial charge in [-0.1, -0.05) is 5.16 Å². The van der Waals surface area contributed by atoms with Gasteiger partial charge < -0.3 is 10.3 Å². The summed E-state index contributed by atoms with van der Waals surface area (Å²) in [6, 6.07) is 0.0787. The number of hydrogen-bond acceptors (Lipinski definition) is 5. The van der Waals surface area contributed by atoms with E-state index in [1.807, 2.05) is 4.90 Å². The molecule has 2 N–H and O–H groups in total. The van der Waals surface area contributed by atoms with E-state index in [1.54, 1.807) is 6.92 Å². The molecule has 0 radical (unpaired) electrons. The molecule has 6 nitrogen and oxygen atoms in total. The Bertz CT molecular complexity index is 363. The molecule has 15 heavy (non-hydrogen) atoms. The Morgan fingerprint density at radius 2 is 2.53 bits per heavy atom. The van der Waals surface area contributed by atoms with Crippen molar-refractivity contribution in [2.45, 2.75) is 25.8 Å². The van der Waals surface area contributed by atoms with Crippen LogP contribution in [0.2, 0.25) is 0 Å². The maximum atomic E-state index is 10.9. The number of carbonyl (C=O) groups excluding carboxylic acids is 1. The van der Waals surface area contributed by atoms with Gasteiger partial charge in [0.15, 0.2) is 5.82 Å². The molecule has 1 aromatic heterocycles. The van der Waals surface area contributed by atoms with Gasteiger partial charge in [-0.05, 0) is 19.4 Å². The summed E-state index contributed by atoms with van der Waals surface area (Å²) in [6.45, 7) is 2.88. The van der Waals surface area contributed by atoms with Crippen LogP contribution < -0.4 is 5.73 Å². The topological polar surface area (TPSA) is 85.3 Å². The molecule has 82 valence electrons. The largest absolute Gasteiger partial charge is 0.369 e. The van der Waals surface area contributed by atoms with Crippen LogP contribution in [0.3, 0.4) is 0 Å². The number of aromatic nitrogens is 2. The van der Waals surface area contributed by atoms with E-state index in [0.29, 0.717) is 11.7 Å². The van der Waals surface area contributed by atoms with Gasteiger partial charge in [-0.2, -0.15) is 4.98 Å². The van der Waals surface area contributed by atoms with E-state index >= 15 is 0 Å². The molecular formula is C9H14N4O2. The van der Waals surface area contributed by atoms with Gasteiger partial charge in [0.05, 0.1) is 12.6 Å². The first kappa shape index (κ1) is 10.1. The summed E-state index contributed by atoms with van der Waals surface area (Å²) in [5.74, 6) is 0.893. The first-order valence-electron chi connectivity index (χ1n) is 4.99. The lowest BCUT2D eigenvalue weighted by Gasteiger charge is -2.19. The van der Waals surface area contributed by atoms with Crippen molar-refractivity contribution in [3.05, 3.63) is 11.7 Å². The number of carbonyl (C=O) groups is 1. The minimum Gasteiger partial charge on any atom is -0.369 e. The molecule has 1 aliphatic heterocycles. The third kappa shape index (κ3) is 2.15. The Balaban J connectivity index is 2.10. The van der Waals surface area contributed by atoms with E-state index < -0.39 is 0 Å². The first-order valence-corrected chi connectivity index (χ1v) is 4.99. The number of rotatable bonds is 3. The van der Waals surface area contributed by atoms with Crippen molar-refractivity contribution in [3.8, 4) is 0 Å². The molecule has 1 amide bonds. The number of amides is 1. The Hall–Kier alpha value is -1.43. The second kappa shape index (κ2) is 3.98. The van der Waals surface area contributed by atoms with E-state index in [9.17, 15) is 4.79 Å². The van der Waals surface area contributed by atoms with Gasteiger partial charge in [0.2, 0.25) is 11.8 Å². The first-order chi connectivity index (χ1) is 7.16. The molecule has 0 bridgehead atoms. The molecule has 0 aromatic carbocycles. The smallest absolute Gasteiger partial charge is 0.231 e. The molecule has 1 fully saturated rings. The summed E-state index contributed by atoms with van der Waals surface area (Å²) in [6.07, 6.45) is 1.98. The number of hydrogen-bond donors (Lipinski definition) is 1. The van der Waals surface area contributed by atoms with Crippen LogP contribution in [0.25, 0.3) is 0 Å². The zero-order valence-corrected chi connectivity index (χ0v) is 8.64.